The second-order valence-corrected chi connectivity index (χ2v) is 4.73. The van der Waals surface area contributed by atoms with Gasteiger partial charge in [0.15, 0.2) is 0 Å². The second kappa shape index (κ2) is 4.41. The van der Waals surface area contributed by atoms with E-state index in [1.165, 1.54) is 7.11 Å². The van der Waals surface area contributed by atoms with Crippen molar-refractivity contribution in [1.29, 1.82) is 0 Å². The molecule has 0 aromatic heterocycles. The van der Waals surface area contributed by atoms with E-state index in [1.54, 1.807) is 6.92 Å². The van der Waals surface area contributed by atoms with Crippen molar-refractivity contribution in [2.24, 2.45) is 10.6 Å². The van der Waals surface area contributed by atoms with Crippen molar-refractivity contribution in [3.8, 4) is 0 Å². The lowest BCUT2D eigenvalue weighted by Gasteiger charge is -2.23. The molecule has 0 saturated heterocycles. The van der Waals surface area contributed by atoms with E-state index in [4.69, 9.17) is 14.3 Å². The molecular formula is C11H19NO4. The number of esters is 1. The molecule has 92 valence electrons. The van der Waals surface area contributed by atoms with Gasteiger partial charge < -0.3 is 14.3 Å². The van der Waals surface area contributed by atoms with E-state index in [-0.39, 0.29) is 12.0 Å². The monoisotopic (exact) mass is 229 g/mol. The van der Waals surface area contributed by atoms with E-state index in [1.807, 2.05) is 20.8 Å². The molecule has 0 radical (unpaired) electrons. The Bertz CT molecular complexity index is 306. The molecule has 0 spiro atoms. The van der Waals surface area contributed by atoms with Gasteiger partial charge in [-0.05, 0) is 6.92 Å². The fourth-order valence-corrected chi connectivity index (χ4v) is 1.36. The smallest absolute Gasteiger partial charge is 0.382 e. The van der Waals surface area contributed by atoms with Crippen LogP contribution in [0.3, 0.4) is 0 Å². The first-order chi connectivity index (χ1) is 7.35. The maximum absolute atomic E-state index is 11.7. The largest absolute Gasteiger partial charge is 0.461 e. The summed E-state index contributed by atoms with van der Waals surface area (Å²) in [6.45, 7) is 8.05. The van der Waals surface area contributed by atoms with Crippen LogP contribution in [0.25, 0.3) is 0 Å². The van der Waals surface area contributed by atoms with Crippen molar-refractivity contribution < 1.29 is 19.1 Å². The first-order valence-electron chi connectivity index (χ1n) is 5.33. The minimum atomic E-state index is -1.39. The number of hydrogen-bond donors (Lipinski definition) is 0. The molecule has 0 aliphatic carbocycles. The summed E-state index contributed by atoms with van der Waals surface area (Å²) in [5.74, 6) is -1.92. The van der Waals surface area contributed by atoms with Crippen LogP contribution in [0.5, 0.6) is 0 Å². The fourth-order valence-electron chi connectivity index (χ4n) is 1.36. The van der Waals surface area contributed by atoms with Gasteiger partial charge in [-0.25, -0.2) is 4.79 Å². The van der Waals surface area contributed by atoms with Gasteiger partial charge in [0.2, 0.25) is 0 Å². The first kappa shape index (κ1) is 13.0. The van der Waals surface area contributed by atoms with Gasteiger partial charge >= 0.3 is 11.8 Å². The molecule has 16 heavy (non-hydrogen) atoms. The van der Waals surface area contributed by atoms with Crippen LogP contribution < -0.4 is 0 Å². The fraction of sp³-hybridized carbons (Fsp3) is 0.818. The highest BCUT2D eigenvalue weighted by atomic mass is 16.8. The molecule has 0 saturated carbocycles. The lowest BCUT2D eigenvalue weighted by atomic mass is 9.86. The number of hydrogen-bond acceptors (Lipinski definition) is 5. The highest BCUT2D eigenvalue weighted by Gasteiger charge is 2.50. The molecule has 5 heteroatoms. The molecule has 0 bridgehead atoms. The Hall–Kier alpha value is -1.10. The number of methoxy groups -OCH3 is 1. The van der Waals surface area contributed by atoms with Crippen LogP contribution in [-0.2, 0) is 19.1 Å². The van der Waals surface area contributed by atoms with Crippen LogP contribution in [0.15, 0.2) is 5.16 Å². The van der Waals surface area contributed by atoms with Gasteiger partial charge in [-0.2, -0.15) is 0 Å². The van der Waals surface area contributed by atoms with Crippen molar-refractivity contribution in [3.63, 3.8) is 0 Å². The first-order valence-corrected chi connectivity index (χ1v) is 5.33. The third-order valence-corrected chi connectivity index (χ3v) is 2.49. The van der Waals surface area contributed by atoms with Gasteiger partial charge in [0, 0.05) is 12.5 Å². The van der Waals surface area contributed by atoms with Crippen molar-refractivity contribution in [2.75, 3.05) is 13.7 Å². The Morgan fingerprint density at radius 3 is 2.56 bits per heavy atom. The standard InChI is InChI=1S/C11H19NO4/c1-6-15-9(13)11(14-5)7-8(12-16-11)10(2,3)4/h6-7H2,1-5H3. The third kappa shape index (κ3) is 2.35. The van der Waals surface area contributed by atoms with Gasteiger partial charge in [0.05, 0.1) is 18.7 Å². The van der Waals surface area contributed by atoms with Gasteiger partial charge in [-0.1, -0.05) is 25.9 Å². The Balaban J connectivity index is 2.79. The van der Waals surface area contributed by atoms with Crippen LogP contribution >= 0.6 is 0 Å². The number of ether oxygens (including phenoxy) is 2. The van der Waals surface area contributed by atoms with Crippen molar-refractivity contribution in [3.05, 3.63) is 0 Å². The van der Waals surface area contributed by atoms with Gasteiger partial charge in [0.1, 0.15) is 0 Å². The molecule has 0 fully saturated rings. The second-order valence-electron chi connectivity index (χ2n) is 4.73. The highest BCUT2D eigenvalue weighted by Crippen LogP contribution is 2.33. The average molecular weight is 229 g/mol. The van der Waals surface area contributed by atoms with E-state index in [9.17, 15) is 4.79 Å². The number of oxime groups is 1. The molecule has 0 aromatic carbocycles. The molecule has 1 rings (SSSR count). The molecular weight excluding hydrogens is 210 g/mol. The van der Waals surface area contributed by atoms with Crippen LogP contribution in [0.1, 0.15) is 34.1 Å². The van der Waals surface area contributed by atoms with Crippen LogP contribution in [-0.4, -0.2) is 31.2 Å². The van der Waals surface area contributed by atoms with E-state index in [0.29, 0.717) is 6.42 Å². The van der Waals surface area contributed by atoms with Gasteiger partial charge in [-0.3, -0.25) is 0 Å². The zero-order valence-electron chi connectivity index (χ0n) is 10.5. The molecule has 1 aliphatic rings. The van der Waals surface area contributed by atoms with Gasteiger partial charge in [0.25, 0.3) is 0 Å². The van der Waals surface area contributed by atoms with E-state index in [0.717, 1.165) is 5.71 Å². The summed E-state index contributed by atoms with van der Waals surface area (Å²) >= 11 is 0. The minimum Gasteiger partial charge on any atom is -0.461 e. The van der Waals surface area contributed by atoms with E-state index >= 15 is 0 Å². The molecule has 0 aromatic rings. The molecule has 1 heterocycles. The molecule has 1 unspecified atom stereocenters. The summed E-state index contributed by atoms with van der Waals surface area (Å²) in [5.41, 5.74) is 0.648. The van der Waals surface area contributed by atoms with E-state index in [2.05, 4.69) is 5.16 Å². The number of carbonyl (C=O) groups excluding carboxylic acids is 1. The van der Waals surface area contributed by atoms with Crippen molar-refractivity contribution >= 4 is 11.7 Å². The predicted molar refractivity (Wildman–Crippen MR) is 59.0 cm³/mol. The zero-order chi connectivity index (χ0) is 12.4. The van der Waals surface area contributed by atoms with Crippen molar-refractivity contribution in [2.45, 2.75) is 39.9 Å². The molecule has 0 N–H and O–H groups in total. The lowest BCUT2D eigenvalue weighted by molar-refractivity contribution is -0.229. The average Bonchev–Trinajstić information content (AvgIpc) is 2.63. The lowest BCUT2D eigenvalue weighted by Crippen LogP contribution is -2.43. The summed E-state index contributed by atoms with van der Waals surface area (Å²) in [6.07, 6.45) is 0.311. The molecule has 1 aliphatic heterocycles. The molecule has 0 amide bonds. The summed E-state index contributed by atoms with van der Waals surface area (Å²) in [6, 6.07) is 0. The maximum Gasteiger partial charge on any atom is 0.382 e. The summed E-state index contributed by atoms with van der Waals surface area (Å²) in [5, 5.41) is 3.93. The maximum atomic E-state index is 11.7. The summed E-state index contributed by atoms with van der Waals surface area (Å²) in [7, 11) is 1.41. The predicted octanol–water partition coefficient (Wildman–Crippen LogP) is 1.71. The van der Waals surface area contributed by atoms with Crippen molar-refractivity contribution in [1.82, 2.24) is 0 Å². The quantitative estimate of drug-likeness (QED) is 0.691. The van der Waals surface area contributed by atoms with E-state index < -0.39 is 11.8 Å². The minimum absolute atomic E-state index is 0.146. The Labute approximate surface area is 95.7 Å². The Morgan fingerprint density at radius 2 is 2.19 bits per heavy atom. The van der Waals surface area contributed by atoms with Crippen LogP contribution in [0.4, 0.5) is 0 Å². The SMILES string of the molecule is CCOC(=O)C1(OC)CC(C(C)(C)C)=NO1. The molecule has 5 nitrogen and oxygen atoms in total. The highest BCUT2D eigenvalue weighted by molar-refractivity contribution is 5.95. The third-order valence-electron chi connectivity index (χ3n) is 2.49. The number of nitrogens with zero attached hydrogens (tertiary/aromatic N) is 1. The summed E-state index contributed by atoms with van der Waals surface area (Å²) in [4.78, 5) is 16.9. The van der Waals surface area contributed by atoms with Crippen LogP contribution in [0, 0.1) is 5.41 Å². The Kier molecular flexibility index (Phi) is 3.57. The topological polar surface area (TPSA) is 57.1 Å². The normalized spacial score (nSPS) is 24.9. The zero-order valence-corrected chi connectivity index (χ0v) is 10.5. The molecule has 1 atom stereocenters. The summed E-state index contributed by atoms with van der Waals surface area (Å²) < 4.78 is 10.0. The Morgan fingerprint density at radius 1 is 1.56 bits per heavy atom. The number of rotatable bonds is 3. The van der Waals surface area contributed by atoms with Crippen LogP contribution in [0.2, 0.25) is 0 Å². The number of carbonyl (C=O) groups is 1. The van der Waals surface area contributed by atoms with Gasteiger partial charge in [-0.15, -0.1) is 0 Å².